The quantitative estimate of drug-likeness (QED) is 0.745. The molecule has 6 heteroatoms. The van der Waals surface area contributed by atoms with Crippen LogP contribution in [0.4, 0.5) is 18.9 Å². The summed E-state index contributed by atoms with van der Waals surface area (Å²) in [5.74, 6) is -3.18. The van der Waals surface area contributed by atoms with E-state index in [0.717, 1.165) is 5.01 Å². The van der Waals surface area contributed by atoms with E-state index in [-0.39, 0.29) is 5.71 Å². The van der Waals surface area contributed by atoms with Crippen molar-refractivity contribution in [3.8, 4) is 0 Å². The number of rotatable bonds is 1. The number of nitrogens with zero attached hydrogens (tertiary/aromatic N) is 2. The highest BCUT2D eigenvalue weighted by Crippen LogP contribution is 2.34. The lowest BCUT2D eigenvalue weighted by Gasteiger charge is -2.16. The van der Waals surface area contributed by atoms with Gasteiger partial charge in [0.2, 0.25) is 0 Å². The number of hydrogen-bond acceptors (Lipinski definition) is 2. The van der Waals surface area contributed by atoms with E-state index in [9.17, 15) is 18.0 Å². The van der Waals surface area contributed by atoms with Crippen molar-refractivity contribution in [2.45, 2.75) is 13.1 Å². The molecule has 1 amide bonds. The molecular formula is C11H9F3N2O. The molecule has 0 spiro atoms. The topological polar surface area (TPSA) is 32.7 Å². The summed E-state index contributed by atoms with van der Waals surface area (Å²) in [6, 6.07) is 8.05. The fourth-order valence-corrected chi connectivity index (χ4v) is 1.70. The third-order valence-corrected chi connectivity index (χ3v) is 2.46. The molecule has 1 aromatic carbocycles. The van der Waals surface area contributed by atoms with Gasteiger partial charge in [-0.25, -0.2) is 0 Å². The lowest BCUT2D eigenvalue weighted by Crippen LogP contribution is -2.37. The molecule has 0 bridgehead atoms. The number of carbonyl (C=O) groups excluding carboxylic acids is 1. The Morgan fingerprint density at radius 2 is 1.82 bits per heavy atom. The van der Waals surface area contributed by atoms with E-state index in [4.69, 9.17) is 0 Å². The predicted molar refractivity (Wildman–Crippen MR) is 56.6 cm³/mol. The normalized spacial score (nSPS) is 20.7. The first-order valence-electron chi connectivity index (χ1n) is 4.92. The van der Waals surface area contributed by atoms with Gasteiger partial charge in [-0.15, -0.1) is 0 Å². The van der Waals surface area contributed by atoms with Crippen LogP contribution >= 0.6 is 0 Å². The zero-order valence-corrected chi connectivity index (χ0v) is 8.90. The summed E-state index contributed by atoms with van der Waals surface area (Å²) >= 11 is 0. The van der Waals surface area contributed by atoms with Crippen LogP contribution in [0.2, 0.25) is 0 Å². The number of amides is 1. The molecule has 0 saturated carbocycles. The molecule has 90 valence electrons. The van der Waals surface area contributed by atoms with Crippen molar-refractivity contribution in [3.05, 3.63) is 30.3 Å². The first kappa shape index (κ1) is 11.6. The van der Waals surface area contributed by atoms with E-state index in [1.54, 1.807) is 18.2 Å². The molecule has 17 heavy (non-hydrogen) atoms. The first-order valence-corrected chi connectivity index (χ1v) is 4.92. The van der Waals surface area contributed by atoms with Crippen LogP contribution in [-0.2, 0) is 4.79 Å². The van der Waals surface area contributed by atoms with Gasteiger partial charge in [0, 0.05) is 0 Å². The maximum Gasteiger partial charge on any atom is 0.405 e. The second-order valence-electron chi connectivity index (χ2n) is 3.70. The summed E-state index contributed by atoms with van der Waals surface area (Å²) < 4.78 is 37.9. The second-order valence-corrected chi connectivity index (χ2v) is 3.70. The van der Waals surface area contributed by atoms with Gasteiger partial charge >= 0.3 is 6.18 Å². The minimum Gasteiger partial charge on any atom is -0.271 e. The molecule has 0 aliphatic carbocycles. The highest BCUT2D eigenvalue weighted by atomic mass is 19.4. The summed E-state index contributed by atoms with van der Waals surface area (Å²) in [7, 11) is 0. The molecule has 0 unspecified atom stereocenters. The number of halogens is 3. The number of anilines is 1. The maximum atomic E-state index is 12.6. The summed E-state index contributed by atoms with van der Waals surface area (Å²) in [6.07, 6.45) is -4.59. The van der Waals surface area contributed by atoms with E-state index >= 15 is 0 Å². The molecule has 1 aromatic rings. The molecule has 0 N–H and O–H groups in total. The van der Waals surface area contributed by atoms with Gasteiger partial charge in [0.25, 0.3) is 5.91 Å². The minimum atomic E-state index is -4.59. The van der Waals surface area contributed by atoms with E-state index in [1.807, 2.05) is 0 Å². The van der Waals surface area contributed by atoms with Crippen LogP contribution in [-0.4, -0.2) is 17.8 Å². The molecule has 0 saturated heterocycles. The van der Waals surface area contributed by atoms with Crippen molar-refractivity contribution in [1.82, 2.24) is 0 Å². The van der Waals surface area contributed by atoms with Gasteiger partial charge in [-0.2, -0.15) is 23.3 Å². The van der Waals surface area contributed by atoms with Gasteiger partial charge in [-0.3, -0.25) is 4.79 Å². The zero-order valence-electron chi connectivity index (χ0n) is 8.90. The fraction of sp³-hybridized carbons (Fsp3) is 0.273. The molecule has 0 aromatic heterocycles. The Hall–Kier alpha value is -1.85. The molecule has 1 atom stereocenters. The Labute approximate surface area is 95.5 Å². The number of hydrogen-bond donors (Lipinski definition) is 0. The Bertz CT molecular complexity index is 467. The lowest BCUT2D eigenvalue weighted by atomic mass is 10.0. The molecule has 1 heterocycles. The number of benzene rings is 1. The average Bonchev–Trinajstić information content (AvgIpc) is 2.54. The van der Waals surface area contributed by atoms with Crippen molar-refractivity contribution in [3.63, 3.8) is 0 Å². The van der Waals surface area contributed by atoms with Crippen LogP contribution in [0, 0.1) is 5.92 Å². The van der Waals surface area contributed by atoms with E-state index in [1.165, 1.54) is 19.1 Å². The van der Waals surface area contributed by atoms with Gasteiger partial charge in [-0.1, -0.05) is 18.2 Å². The average molecular weight is 242 g/mol. The number of hydrazone groups is 1. The Balaban J connectivity index is 2.34. The van der Waals surface area contributed by atoms with Gasteiger partial charge in [0.1, 0.15) is 0 Å². The zero-order chi connectivity index (χ0) is 12.6. The number of carbonyl (C=O) groups is 1. The van der Waals surface area contributed by atoms with Crippen molar-refractivity contribution in [2.75, 3.05) is 5.01 Å². The molecular weight excluding hydrogens is 233 g/mol. The van der Waals surface area contributed by atoms with E-state index in [2.05, 4.69) is 5.10 Å². The molecule has 1 aliphatic rings. The van der Waals surface area contributed by atoms with E-state index < -0.39 is 18.0 Å². The number of alkyl halides is 3. The van der Waals surface area contributed by atoms with Gasteiger partial charge < -0.3 is 0 Å². The molecule has 1 aliphatic heterocycles. The Morgan fingerprint density at radius 3 is 2.29 bits per heavy atom. The minimum absolute atomic E-state index is 0.230. The molecule has 0 radical (unpaired) electrons. The monoisotopic (exact) mass is 242 g/mol. The molecule has 3 nitrogen and oxygen atoms in total. The van der Waals surface area contributed by atoms with Crippen LogP contribution in [0.1, 0.15) is 6.92 Å². The standard InChI is InChI=1S/C11H9F3N2O/c1-7-9(11(12,13)14)10(17)16(15-7)8-5-3-2-4-6-8/h2-6,9H,1H3/t9-/m1/s1. The largest absolute Gasteiger partial charge is 0.405 e. The smallest absolute Gasteiger partial charge is 0.271 e. The summed E-state index contributed by atoms with van der Waals surface area (Å²) in [5, 5.41) is 4.47. The van der Waals surface area contributed by atoms with Crippen molar-refractivity contribution < 1.29 is 18.0 Å². The lowest BCUT2D eigenvalue weighted by molar-refractivity contribution is -0.165. The Kier molecular flexibility index (Phi) is 2.65. The molecule has 2 rings (SSSR count). The SMILES string of the molecule is CC1=NN(c2ccccc2)C(=O)[C@@H]1C(F)(F)F. The van der Waals surface area contributed by atoms with E-state index in [0.29, 0.717) is 5.69 Å². The van der Waals surface area contributed by atoms with Crippen LogP contribution in [0.5, 0.6) is 0 Å². The van der Waals surface area contributed by atoms with Crippen LogP contribution in [0.25, 0.3) is 0 Å². The third-order valence-electron chi connectivity index (χ3n) is 2.46. The first-order chi connectivity index (χ1) is 7.91. The van der Waals surface area contributed by atoms with Crippen LogP contribution in [0.15, 0.2) is 35.4 Å². The highest BCUT2D eigenvalue weighted by molar-refractivity contribution is 6.15. The van der Waals surface area contributed by atoms with Crippen LogP contribution in [0.3, 0.4) is 0 Å². The number of para-hydroxylation sites is 1. The maximum absolute atomic E-state index is 12.6. The van der Waals surface area contributed by atoms with Crippen molar-refractivity contribution in [1.29, 1.82) is 0 Å². The summed E-state index contributed by atoms with van der Waals surface area (Å²) in [5.41, 5.74) is 0.106. The van der Waals surface area contributed by atoms with Crippen molar-refractivity contribution >= 4 is 17.3 Å². The van der Waals surface area contributed by atoms with Crippen LogP contribution < -0.4 is 5.01 Å². The fourth-order valence-electron chi connectivity index (χ4n) is 1.70. The molecule has 0 fully saturated rings. The highest BCUT2D eigenvalue weighted by Gasteiger charge is 2.52. The predicted octanol–water partition coefficient (Wildman–Crippen LogP) is 2.59. The van der Waals surface area contributed by atoms with Gasteiger partial charge in [0.15, 0.2) is 5.92 Å². The summed E-state index contributed by atoms with van der Waals surface area (Å²) in [6.45, 7) is 1.21. The summed E-state index contributed by atoms with van der Waals surface area (Å²) in [4.78, 5) is 11.7. The van der Waals surface area contributed by atoms with Gasteiger partial charge in [-0.05, 0) is 19.1 Å². The second kappa shape index (κ2) is 3.87. The third kappa shape index (κ3) is 2.02. The van der Waals surface area contributed by atoms with Gasteiger partial charge in [0.05, 0.1) is 11.4 Å². The Morgan fingerprint density at radius 1 is 1.24 bits per heavy atom. The van der Waals surface area contributed by atoms with Crippen molar-refractivity contribution in [2.24, 2.45) is 11.0 Å².